The Balaban J connectivity index is 2.23. The molecule has 0 saturated heterocycles. The van der Waals surface area contributed by atoms with Gasteiger partial charge in [-0.2, -0.15) is 5.10 Å². The standard InChI is InChI=1S/C13H18ClN5O/c1-4-9-13(14)11(19(2)18-9)5-8(15)10-6-12(20-3)17-7-16-10/h6-8H,4-5,15H2,1-3H3. The molecule has 0 aliphatic rings. The molecule has 0 aliphatic carbocycles. The Morgan fingerprint density at radius 2 is 2.20 bits per heavy atom. The van der Waals surface area contributed by atoms with E-state index in [4.69, 9.17) is 22.1 Å². The Hall–Kier alpha value is -1.66. The van der Waals surface area contributed by atoms with Crippen molar-refractivity contribution in [3.8, 4) is 5.88 Å². The summed E-state index contributed by atoms with van der Waals surface area (Å²) < 4.78 is 6.85. The summed E-state index contributed by atoms with van der Waals surface area (Å²) in [5, 5.41) is 5.07. The van der Waals surface area contributed by atoms with E-state index >= 15 is 0 Å². The fourth-order valence-electron chi connectivity index (χ4n) is 2.02. The van der Waals surface area contributed by atoms with Gasteiger partial charge in [0.15, 0.2) is 0 Å². The molecule has 7 heteroatoms. The zero-order valence-corrected chi connectivity index (χ0v) is 12.6. The predicted molar refractivity (Wildman–Crippen MR) is 76.8 cm³/mol. The molecular weight excluding hydrogens is 278 g/mol. The molecule has 1 atom stereocenters. The van der Waals surface area contributed by atoms with Crippen LogP contribution in [0.3, 0.4) is 0 Å². The lowest BCUT2D eigenvalue weighted by molar-refractivity contribution is 0.395. The Kier molecular flexibility index (Phi) is 4.57. The summed E-state index contributed by atoms with van der Waals surface area (Å²) >= 11 is 6.32. The van der Waals surface area contributed by atoms with E-state index in [9.17, 15) is 0 Å². The van der Waals surface area contributed by atoms with Gasteiger partial charge in [-0.15, -0.1) is 0 Å². The number of aromatic nitrogens is 4. The summed E-state index contributed by atoms with van der Waals surface area (Å²) in [5.74, 6) is 0.496. The van der Waals surface area contributed by atoms with Crippen LogP contribution in [0.2, 0.25) is 5.02 Å². The lowest BCUT2D eigenvalue weighted by atomic mass is 10.1. The van der Waals surface area contributed by atoms with E-state index in [1.54, 1.807) is 17.9 Å². The molecular formula is C13H18ClN5O. The second-order valence-electron chi connectivity index (χ2n) is 4.48. The van der Waals surface area contributed by atoms with Gasteiger partial charge in [0, 0.05) is 19.5 Å². The number of hydrogen-bond donors (Lipinski definition) is 1. The molecule has 1 unspecified atom stereocenters. The maximum atomic E-state index is 6.32. The van der Waals surface area contributed by atoms with Gasteiger partial charge >= 0.3 is 0 Å². The van der Waals surface area contributed by atoms with Gasteiger partial charge in [-0.05, 0) is 6.42 Å². The second kappa shape index (κ2) is 6.19. The zero-order valence-electron chi connectivity index (χ0n) is 11.8. The Morgan fingerprint density at radius 3 is 2.80 bits per heavy atom. The fourth-order valence-corrected chi connectivity index (χ4v) is 2.39. The number of rotatable bonds is 5. The molecule has 0 amide bonds. The third-order valence-electron chi connectivity index (χ3n) is 3.17. The minimum atomic E-state index is -0.287. The van der Waals surface area contributed by atoms with Crippen molar-refractivity contribution in [1.29, 1.82) is 0 Å². The van der Waals surface area contributed by atoms with Gasteiger partial charge in [0.25, 0.3) is 0 Å². The third kappa shape index (κ3) is 2.91. The predicted octanol–water partition coefficient (Wildman–Crippen LogP) is 1.68. The highest BCUT2D eigenvalue weighted by molar-refractivity contribution is 6.31. The smallest absolute Gasteiger partial charge is 0.216 e. The summed E-state index contributed by atoms with van der Waals surface area (Å²) in [5.41, 5.74) is 8.70. The molecule has 2 aromatic rings. The van der Waals surface area contributed by atoms with Crippen molar-refractivity contribution in [3.63, 3.8) is 0 Å². The first kappa shape index (κ1) is 14.7. The van der Waals surface area contributed by atoms with E-state index in [0.29, 0.717) is 23.0 Å². The van der Waals surface area contributed by atoms with Gasteiger partial charge in [0.2, 0.25) is 5.88 Å². The largest absolute Gasteiger partial charge is 0.481 e. The molecule has 0 spiro atoms. The molecule has 0 saturated carbocycles. The van der Waals surface area contributed by atoms with Crippen molar-refractivity contribution in [1.82, 2.24) is 19.7 Å². The molecule has 2 rings (SSSR count). The Labute approximate surface area is 122 Å². The van der Waals surface area contributed by atoms with Crippen molar-refractivity contribution in [3.05, 3.63) is 34.5 Å². The lowest BCUT2D eigenvalue weighted by Crippen LogP contribution is -2.17. The van der Waals surface area contributed by atoms with Crippen LogP contribution in [0.25, 0.3) is 0 Å². The number of methoxy groups -OCH3 is 1. The van der Waals surface area contributed by atoms with Crippen LogP contribution < -0.4 is 10.5 Å². The van der Waals surface area contributed by atoms with E-state index in [2.05, 4.69) is 15.1 Å². The Morgan fingerprint density at radius 1 is 1.45 bits per heavy atom. The molecule has 2 N–H and O–H groups in total. The average molecular weight is 296 g/mol. The molecule has 20 heavy (non-hydrogen) atoms. The first-order chi connectivity index (χ1) is 9.56. The number of nitrogens with zero attached hydrogens (tertiary/aromatic N) is 4. The molecule has 0 radical (unpaired) electrons. The van der Waals surface area contributed by atoms with Gasteiger partial charge in [-0.1, -0.05) is 18.5 Å². The van der Waals surface area contributed by atoms with Crippen LogP contribution in [0.5, 0.6) is 5.88 Å². The van der Waals surface area contributed by atoms with Gasteiger partial charge in [0.1, 0.15) is 6.33 Å². The van der Waals surface area contributed by atoms with Crippen LogP contribution in [-0.4, -0.2) is 26.9 Å². The number of nitrogens with two attached hydrogens (primary N) is 1. The van der Waals surface area contributed by atoms with Crippen molar-refractivity contribution < 1.29 is 4.74 Å². The monoisotopic (exact) mass is 295 g/mol. The normalized spacial score (nSPS) is 12.4. The van der Waals surface area contributed by atoms with Crippen LogP contribution in [0.4, 0.5) is 0 Å². The quantitative estimate of drug-likeness (QED) is 0.908. The van der Waals surface area contributed by atoms with Crippen LogP contribution >= 0.6 is 11.6 Å². The van der Waals surface area contributed by atoms with Crippen LogP contribution in [0.15, 0.2) is 12.4 Å². The summed E-state index contributed by atoms with van der Waals surface area (Å²) in [4.78, 5) is 8.15. The van der Waals surface area contributed by atoms with Crippen LogP contribution in [-0.2, 0) is 19.9 Å². The lowest BCUT2D eigenvalue weighted by Gasteiger charge is -2.12. The third-order valence-corrected chi connectivity index (χ3v) is 3.60. The van der Waals surface area contributed by atoms with E-state index < -0.39 is 0 Å². The molecule has 0 bridgehead atoms. The number of ether oxygens (including phenoxy) is 1. The number of halogens is 1. The summed E-state index contributed by atoms with van der Waals surface area (Å²) in [6, 6.07) is 1.44. The molecule has 0 aliphatic heterocycles. The van der Waals surface area contributed by atoms with Gasteiger partial charge in [-0.3, -0.25) is 4.68 Å². The van der Waals surface area contributed by atoms with Crippen LogP contribution in [0, 0.1) is 0 Å². The summed E-state index contributed by atoms with van der Waals surface area (Å²) in [6.07, 6.45) is 2.79. The van der Waals surface area contributed by atoms with E-state index in [-0.39, 0.29) is 6.04 Å². The molecule has 0 fully saturated rings. The van der Waals surface area contributed by atoms with Gasteiger partial charge in [0.05, 0.1) is 35.3 Å². The van der Waals surface area contributed by atoms with E-state index in [1.807, 2.05) is 14.0 Å². The SMILES string of the molecule is CCc1nn(C)c(CC(N)c2cc(OC)ncn2)c1Cl. The Bertz CT molecular complexity index is 598. The van der Waals surface area contributed by atoms with E-state index in [1.165, 1.54) is 6.33 Å². The molecule has 6 nitrogen and oxygen atoms in total. The second-order valence-corrected chi connectivity index (χ2v) is 4.86. The zero-order chi connectivity index (χ0) is 14.7. The highest BCUT2D eigenvalue weighted by Gasteiger charge is 2.18. The summed E-state index contributed by atoms with van der Waals surface area (Å²) in [7, 11) is 3.43. The van der Waals surface area contributed by atoms with E-state index in [0.717, 1.165) is 17.8 Å². The minimum Gasteiger partial charge on any atom is -0.481 e. The summed E-state index contributed by atoms with van der Waals surface area (Å²) in [6.45, 7) is 2.02. The van der Waals surface area contributed by atoms with Crippen molar-refractivity contribution in [2.75, 3.05) is 7.11 Å². The maximum absolute atomic E-state index is 6.32. The van der Waals surface area contributed by atoms with Gasteiger partial charge < -0.3 is 10.5 Å². The molecule has 2 aromatic heterocycles. The van der Waals surface area contributed by atoms with Crippen molar-refractivity contribution >= 4 is 11.6 Å². The number of hydrogen-bond acceptors (Lipinski definition) is 5. The topological polar surface area (TPSA) is 78.9 Å². The molecule has 108 valence electrons. The number of aryl methyl sites for hydroxylation is 2. The molecule has 0 aromatic carbocycles. The first-order valence-electron chi connectivity index (χ1n) is 6.38. The first-order valence-corrected chi connectivity index (χ1v) is 6.76. The minimum absolute atomic E-state index is 0.287. The van der Waals surface area contributed by atoms with Crippen LogP contribution in [0.1, 0.15) is 30.0 Å². The fraction of sp³-hybridized carbons (Fsp3) is 0.462. The van der Waals surface area contributed by atoms with Crippen molar-refractivity contribution in [2.45, 2.75) is 25.8 Å². The van der Waals surface area contributed by atoms with Gasteiger partial charge in [-0.25, -0.2) is 9.97 Å². The average Bonchev–Trinajstić information content (AvgIpc) is 2.74. The highest BCUT2D eigenvalue weighted by atomic mass is 35.5. The maximum Gasteiger partial charge on any atom is 0.216 e. The highest BCUT2D eigenvalue weighted by Crippen LogP contribution is 2.25. The van der Waals surface area contributed by atoms with Crippen molar-refractivity contribution in [2.24, 2.45) is 12.8 Å². The molecule has 2 heterocycles.